The van der Waals surface area contributed by atoms with Crippen LogP contribution in [0, 0.1) is 12.7 Å². The third-order valence-corrected chi connectivity index (χ3v) is 3.08. The van der Waals surface area contributed by atoms with Crippen LogP contribution in [0.4, 0.5) is 4.39 Å². The Morgan fingerprint density at radius 1 is 1.41 bits per heavy atom. The molecule has 0 radical (unpaired) electrons. The molecule has 2 nitrogen and oxygen atoms in total. The normalized spacial score (nSPS) is 13.1. The Labute approximate surface area is 104 Å². The first-order valence-electron chi connectivity index (χ1n) is 6.20. The molecule has 1 atom stereocenters. The molecule has 1 rings (SSSR count). The van der Waals surface area contributed by atoms with Crippen molar-refractivity contribution in [3.8, 4) is 0 Å². The average molecular weight is 238 g/mol. The van der Waals surface area contributed by atoms with Gasteiger partial charge in [0.15, 0.2) is 0 Å². The van der Waals surface area contributed by atoms with E-state index in [1.54, 1.807) is 6.07 Å². The maximum absolute atomic E-state index is 13.1. The van der Waals surface area contributed by atoms with Gasteiger partial charge in [-0.2, -0.15) is 0 Å². The van der Waals surface area contributed by atoms with Gasteiger partial charge in [0.25, 0.3) is 0 Å². The van der Waals surface area contributed by atoms with Crippen molar-refractivity contribution in [3.63, 3.8) is 0 Å². The molecule has 1 N–H and O–H groups in total. The van der Waals surface area contributed by atoms with Crippen LogP contribution in [0.25, 0.3) is 0 Å². The summed E-state index contributed by atoms with van der Waals surface area (Å²) in [5.41, 5.74) is 2.17. The van der Waals surface area contributed by atoms with Gasteiger partial charge in [-0.05, 0) is 50.7 Å². The number of hydrogen-bond donors (Lipinski definition) is 1. The molecule has 1 aromatic carbocycles. The zero-order chi connectivity index (χ0) is 12.8. The smallest absolute Gasteiger partial charge is 0.123 e. The number of benzene rings is 1. The van der Waals surface area contributed by atoms with Gasteiger partial charge >= 0.3 is 0 Å². The van der Waals surface area contributed by atoms with Crippen molar-refractivity contribution in [2.45, 2.75) is 33.4 Å². The fraction of sp³-hybridized carbons (Fsp3) is 0.571. The second-order valence-corrected chi connectivity index (χ2v) is 4.71. The predicted octanol–water partition coefficient (Wildman–Crippen LogP) is 2.56. The highest BCUT2D eigenvalue weighted by Crippen LogP contribution is 2.10. The van der Waals surface area contributed by atoms with E-state index in [-0.39, 0.29) is 5.82 Å². The van der Waals surface area contributed by atoms with E-state index in [1.165, 1.54) is 6.07 Å². The summed E-state index contributed by atoms with van der Waals surface area (Å²) in [4.78, 5) is 2.26. The molecule has 1 unspecified atom stereocenters. The van der Waals surface area contributed by atoms with Crippen molar-refractivity contribution in [1.82, 2.24) is 10.2 Å². The minimum atomic E-state index is -0.161. The number of aryl methyl sites for hydroxylation is 1. The molecule has 1 aromatic rings. The van der Waals surface area contributed by atoms with E-state index in [0.717, 1.165) is 30.8 Å². The number of nitrogens with one attached hydrogen (secondary N) is 1. The third-order valence-electron chi connectivity index (χ3n) is 3.08. The van der Waals surface area contributed by atoms with Crippen LogP contribution in [0.3, 0.4) is 0 Å². The van der Waals surface area contributed by atoms with Crippen LogP contribution >= 0.6 is 0 Å². The van der Waals surface area contributed by atoms with E-state index in [9.17, 15) is 4.39 Å². The first-order chi connectivity index (χ1) is 8.02. The van der Waals surface area contributed by atoms with Crippen molar-refractivity contribution >= 4 is 0 Å². The molecule has 0 heterocycles. The molecule has 3 heteroatoms. The van der Waals surface area contributed by atoms with Crippen molar-refractivity contribution in [2.24, 2.45) is 0 Å². The molecular weight excluding hydrogens is 215 g/mol. The monoisotopic (exact) mass is 238 g/mol. The Kier molecular flexibility index (Phi) is 5.59. The molecule has 0 saturated heterocycles. The van der Waals surface area contributed by atoms with Gasteiger partial charge in [0.05, 0.1) is 0 Å². The van der Waals surface area contributed by atoms with Gasteiger partial charge in [0.1, 0.15) is 5.82 Å². The Balaban J connectivity index is 2.47. The molecule has 0 bridgehead atoms. The first kappa shape index (κ1) is 14.1. The SMILES string of the molecule is CCN(C)CC(C)NCc1cc(F)ccc1C. The fourth-order valence-corrected chi connectivity index (χ4v) is 1.78. The lowest BCUT2D eigenvalue weighted by molar-refractivity contribution is 0.309. The Morgan fingerprint density at radius 2 is 2.12 bits per heavy atom. The number of halogens is 1. The lowest BCUT2D eigenvalue weighted by Gasteiger charge is -2.21. The van der Waals surface area contributed by atoms with Crippen LogP contribution in [0.15, 0.2) is 18.2 Å². The van der Waals surface area contributed by atoms with Gasteiger partial charge < -0.3 is 10.2 Å². The number of nitrogens with zero attached hydrogens (tertiary/aromatic N) is 1. The van der Waals surface area contributed by atoms with Gasteiger partial charge in [0, 0.05) is 19.1 Å². The first-order valence-corrected chi connectivity index (χ1v) is 6.20. The summed E-state index contributed by atoms with van der Waals surface area (Å²) >= 11 is 0. The standard InChI is InChI=1S/C14H23FN2/c1-5-17(4)10-12(3)16-9-13-8-14(15)7-6-11(13)2/h6-8,12,16H,5,9-10H2,1-4H3. The summed E-state index contributed by atoms with van der Waals surface area (Å²) in [6, 6.07) is 5.35. The van der Waals surface area contributed by atoms with Gasteiger partial charge in [-0.1, -0.05) is 13.0 Å². The maximum atomic E-state index is 13.1. The topological polar surface area (TPSA) is 15.3 Å². The largest absolute Gasteiger partial charge is 0.309 e. The number of likely N-dealkylation sites (N-methyl/N-ethyl adjacent to an activating group) is 1. The highest BCUT2D eigenvalue weighted by molar-refractivity contribution is 5.26. The Morgan fingerprint density at radius 3 is 2.76 bits per heavy atom. The van der Waals surface area contributed by atoms with Crippen molar-refractivity contribution in [3.05, 3.63) is 35.1 Å². The van der Waals surface area contributed by atoms with Gasteiger partial charge in [0.2, 0.25) is 0 Å². The highest BCUT2D eigenvalue weighted by atomic mass is 19.1. The van der Waals surface area contributed by atoms with Crippen LogP contribution < -0.4 is 5.32 Å². The molecule has 0 saturated carbocycles. The third kappa shape index (κ3) is 4.84. The molecule has 0 fully saturated rings. The van der Waals surface area contributed by atoms with E-state index in [4.69, 9.17) is 0 Å². The van der Waals surface area contributed by atoms with E-state index in [0.29, 0.717) is 6.04 Å². The second-order valence-electron chi connectivity index (χ2n) is 4.71. The zero-order valence-electron chi connectivity index (χ0n) is 11.3. The van der Waals surface area contributed by atoms with E-state index in [1.807, 2.05) is 13.0 Å². The van der Waals surface area contributed by atoms with Crippen LogP contribution in [0.1, 0.15) is 25.0 Å². The highest BCUT2D eigenvalue weighted by Gasteiger charge is 2.06. The quantitative estimate of drug-likeness (QED) is 0.819. The van der Waals surface area contributed by atoms with Crippen LogP contribution in [-0.2, 0) is 6.54 Å². The molecule has 0 aliphatic rings. The molecule has 0 spiro atoms. The van der Waals surface area contributed by atoms with Crippen LogP contribution in [0.5, 0.6) is 0 Å². The van der Waals surface area contributed by atoms with E-state index >= 15 is 0 Å². The summed E-state index contributed by atoms with van der Waals surface area (Å²) in [5.74, 6) is -0.161. The van der Waals surface area contributed by atoms with Crippen LogP contribution in [0.2, 0.25) is 0 Å². The summed E-state index contributed by atoms with van der Waals surface area (Å²) in [6.45, 7) is 9.09. The number of rotatable bonds is 6. The Bertz CT molecular complexity index is 352. The average Bonchev–Trinajstić information content (AvgIpc) is 2.30. The molecule has 0 aliphatic heterocycles. The summed E-state index contributed by atoms with van der Waals surface area (Å²) in [5, 5.41) is 3.42. The zero-order valence-corrected chi connectivity index (χ0v) is 11.3. The van der Waals surface area contributed by atoms with Crippen molar-refractivity contribution in [1.29, 1.82) is 0 Å². The fourth-order valence-electron chi connectivity index (χ4n) is 1.78. The maximum Gasteiger partial charge on any atom is 0.123 e. The lowest BCUT2D eigenvalue weighted by Crippen LogP contribution is -2.37. The summed E-state index contributed by atoms with van der Waals surface area (Å²) < 4.78 is 13.1. The predicted molar refractivity (Wildman–Crippen MR) is 70.6 cm³/mol. The molecule has 0 aromatic heterocycles. The number of hydrogen-bond acceptors (Lipinski definition) is 2. The molecule has 96 valence electrons. The molecular formula is C14H23FN2. The molecule has 0 aliphatic carbocycles. The minimum Gasteiger partial charge on any atom is -0.309 e. The van der Waals surface area contributed by atoms with E-state index in [2.05, 4.69) is 31.1 Å². The Hall–Kier alpha value is -0.930. The minimum absolute atomic E-state index is 0.161. The van der Waals surface area contributed by atoms with Crippen LogP contribution in [-0.4, -0.2) is 31.1 Å². The van der Waals surface area contributed by atoms with Gasteiger partial charge in [-0.15, -0.1) is 0 Å². The molecule has 0 amide bonds. The van der Waals surface area contributed by atoms with Gasteiger partial charge in [-0.3, -0.25) is 0 Å². The molecule has 17 heavy (non-hydrogen) atoms. The summed E-state index contributed by atoms with van der Waals surface area (Å²) in [6.07, 6.45) is 0. The second kappa shape index (κ2) is 6.72. The van der Waals surface area contributed by atoms with Crippen molar-refractivity contribution in [2.75, 3.05) is 20.1 Å². The van der Waals surface area contributed by atoms with Crippen molar-refractivity contribution < 1.29 is 4.39 Å². The summed E-state index contributed by atoms with van der Waals surface area (Å²) in [7, 11) is 2.10. The van der Waals surface area contributed by atoms with E-state index < -0.39 is 0 Å². The lowest BCUT2D eigenvalue weighted by atomic mass is 10.1. The van der Waals surface area contributed by atoms with Gasteiger partial charge in [-0.25, -0.2) is 4.39 Å².